The number of carbonyl (C=O) groups is 1. The molecule has 0 atom stereocenters. The van der Waals surface area contributed by atoms with Gasteiger partial charge in [0.05, 0.1) is 11.1 Å². The molecule has 0 saturated heterocycles. The molecular formula is C10H7ClN6O4. The lowest BCUT2D eigenvalue weighted by molar-refractivity contribution is -0.384. The molecule has 2 rings (SSSR count). The van der Waals surface area contributed by atoms with E-state index in [-0.39, 0.29) is 22.2 Å². The van der Waals surface area contributed by atoms with Crippen molar-refractivity contribution in [2.45, 2.75) is 0 Å². The molecule has 0 aliphatic heterocycles. The summed E-state index contributed by atoms with van der Waals surface area (Å²) in [5.74, 6) is -0.904. The number of halogens is 1. The highest BCUT2D eigenvalue weighted by Gasteiger charge is 2.15. The number of nitrogens with zero attached hydrogens (tertiary/aromatic N) is 4. The average molecular weight is 311 g/mol. The van der Waals surface area contributed by atoms with E-state index in [1.165, 1.54) is 24.4 Å². The van der Waals surface area contributed by atoms with Crippen LogP contribution >= 0.6 is 11.6 Å². The fourth-order valence-corrected chi connectivity index (χ4v) is 1.51. The molecule has 0 aliphatic carbocycles. The van der Waals surface area contributed by atoms with E-state index in [0.717, 1.165) is 0 Å². The van der Waals surface area contributed by atoms with E-state index in [9.17, 15) is 14.9 Å². The van der Waals surface area contributed by atoms with Crippen LogP contribution in [0.3, 0.4) is 0 Å². The fourth-order valence-electron chi connectivity index (χ4n) is 1.32. The third-order valence-electron chi connectivity index (χ3n) is 2.28. The summed E-state index contributed by atoms with van der Waals surface area (Å²) in [6.07, 6.45) is 1.20. The molecule has 2 aromatic rings. The van der Waals surface area contributed by atoms with Crippen molar-refractivity contribution in [2.24, 2.45) is 5.10 Å². The molecule has 0 fully saturated rings. The first-order valence-corrected chi connectivity index (χ1v) is 5.72. The molecule has 1 heterocycles. The number of nitrogen functional groups attached to an aromatic ring is 1. The van der Waals surface area contributed by atoms with Crippen LogP contribution in [0.5, 0.6) is 0 Å². The number of rotatable bonds is 4. The Balaban J connectivity index is 2.08. The summed E-state index contributed by atoms with van der Waals surface area (Å²) >= 11 is 5.67. The second-order valence-corrected chi connectivity index (χ2v) is 4.07. The number of carbonyl (C=O) groups excluding carboxylic acids is 1. The molecule has 0 bridgehead atoms. The van der Waals surface area contributed by atoms with Crippen molar-refractivity contribution in [3.05, 3.63) is 44.6 Å². The number of hydrogen-bond acceptors (Lipinski definition) is 8. The summed E-state index contributed by atoms with van der Waals surface area (Å²) < 4.78 is 4.26. The van der Waals surface area contributed by atoms with Gasteiger partial charge in [-0.2, -0.15) is 5.10 Å². The van der Waals surface area contributed by atoms with Gasteiger partial charge in [0.15, 0.2) is 0 Å². The van der Waals surface area contributed by atoms with Crippen molar-refractivity contribution in [3.63, 3.8) is 0 Å². The Labute approximate surface area is 121 Å². The third kappa shape index (κ3) is 3.30. The van der Waals surface area contributed by atoms with Gasteiger partial charge in [-0.15, -0.1) is 0 Å². The molecule has 0 saturated carbocycles. The predicted molar refractivity (Wildman–Crippen MR) is 71.9 cm³/mol. The molecule has 0 spiro atoms. The van der Waals surface area contributed by atoms with Crippen LogP contribution in [0, 0.1) is 10.1 Å². The maximum Gasteiger partial charge on any atom is 0.297 e. The van der Waals surface area contributed by atoms with E-state index in [2.05, 4.69) is 25.5 Å². The molecule has 3 N–H and O–H groups in total. The Morgan fingerprint density at radius 3 is 2.90 bits per heavy atom. The van der Waals surface area contributed by atoms with Crippen LogP contribution in [-0.2, 0) is 0 Å². The van der Waals surface area contributed by atoms with Crippen molar-refractivity contribution in [2.75, 3.05) is 5.73 Å². The lowest BCUT2D eigenvalue weighted by Crippen LogP contribution is -2.19. The third-order valence-corrected chi connectivity index (χ3v) is 2.60. The maximum atomic E-state index is 11.5. The molecule has 108 valence electrons. The van der Waals surface area contributed by atoms with Gasteiger partial charge in [0.25, 0.3) is 11.6 Å². The van der Waals surface area contributed by atoms with Crippen molar-refractivity contribution < 1.29 is 14.3 Å². The first-order chi connectivity index (χ1) is 9.99. The second kappa shape index (κ2) is 5.96. The van der Waals surface area contributed by atoms with E-state index in [1.807, 2.05) is 0 Å². The maximum absolute atomic E-state index is 11.5. The zero-order valence-corrected chi connectivity index (χ0v) is 10.9. The average Bonchev–Trinajstić information content (AvgIpc) is 2.86. The van der Waals surface area contributed by atoms with Crippen LogP contribution in [-0.4, -0.2) is 27.4 Å². The molecule has 0 unspecified atom stereocenters. The number of benzene rings is 1. The predicted octanol–water partition coefficient (Wildman–Crippen LogP) is 0.977. The molecule has 0 aliphatic rings. The molecule has 1 aromatic carbocycles. The van der Waals surface area contributed by atoms with Gasteiger partial charge in [-0.3, -0.25) is 14.9 Å². The highest BCUT2D eigenvalue weighted by Crippen LogP contribution is 2.24. The zero-order valence-electron chi connectivity index (χ0n) is 10.2. The van der Waals surface area contributed by atoms with E-state index in [1.54, 1.807) is 0 Å². The highest BCUT2D eigenvalue weighted by atomic mass is 35.5. The van der Waals surface area contributed by atoms with Crippen molar-refractivity contribution in [3.8, 4) is 0 Å². The number of nitrogens with one attached hydrogen (secondary N) is 1. The largest absolute Gasteiger partial charge is 0.379 e. The molecular weight excluding hydrogens is 304 g/mol. The number of hydrazone groups is 1. The second-order valence-electron chi connectivity index (χ2n) is 3.67. The number of aromatic nitrogens is 2. The molecule has 0 radical (unpaired) electrons. The Morgan fingerprint density at radius 2 is 2.29 bits per heavy atom. The van der Waals surface area contributed by atoms with Gasteiger partial charge >= 0.3 is 0 Å². The van der Waals surface area contributed by atoms with E-state index < -0.39 is 10.8 Å². The van der Waals surface area contributed by atoms with Crippen molar-refractivity contribution >= 4 is 35.2 Å². The van der Waals surface area contributed by atoms with Crippen LogP contribution in [0.15, 0.2) is 27.9 Å². The smallest absolute Gasteiger partial charge is 0.297 e. The molecule has 10 nitrogen and oxygen atoms in total. The van der Waals surface area contributed by atoms with Gasteiger partial charge in [-0.05, 0) is 16.4 Å². The number of amides is 1. The summed E-state index contributed by atoms with van der Waals surface area (Å²) in [6.45, 7) is 0. The Morgan fingerprint density at radius 1 is 1.52 bits per heavy atom. The monoisotopic (exact) mass is 310 g/mol. The van der Waals surface area contributed by atoms with Gasteiger partial charge in [0.1, 0.15) is 5.02 Å². The van der Waals surface area contributed by atoms with Gasteiger partial charge in [-0.25, -0.2) is 10.1 Å². The molecule has 11 heteroatoms. The standard InChI is InChI=1S/C10H7ClN6O4/c11-6-2-1-5(3-7(6)17(19)20)4-13-14-10(18)8-9(12)16-21-15-8/h1-4H,(H2,12,16)(H,14,18)/b13-4+. The summed E-state index contributed by atoms with van der Waals surface area (Å²) in [5.41, 5.74) is 7.34. The summed E-state index contributed by atoms with van der Waals surface area (Å²) in [7, 11) is 0. The van der Waals surface area contributed by atoms with E-state index in [4.69, 9.17) is 17.3 Å². The number of hydrogen-bond donors (Lipinski definition) is 2. The van der Waals surface area contributed by atoms with E-state index >= 15 is 0 Å². The minimum absolute atomic E-state index is 0.00244. The van der Waals surface area contributed by atoms with Gasteiger partial charge in [0, 0.05) is 11.6 Å². The Hall–Kier alpha value is -3.01. The number of nitro groups is 1. The van der Waals surface area contributed by atoms with Gasteiger partial charge < -0.3 is 5.73 Å². The zero-order chi connectivity index (χ0) is 15.4. The summed E-state index contributed by atoms with van der Waals surface area (Å²) in [6, 6.07) is 4.06. The number of anilines is 1. The fraction of sp³-hybridized carbons (Fsp3) is 0. The number of nitrogens with two attached hydrogens (primary N) is 1. The highest BCUT2D eigenvalue weighted by molar-refractivity contribution is 6.32. The minimum Gasteiger partial charge on any atom is -0.379 e. The van der Waals surface area contributed by atoms with Gasteiger partial charge in [-0.1, -0.05) is 17.7 Å². The van der Waals surface area contributed by atoms with Crippen LogP contribution in [0.2, 0.25) is 5.02 Å². The molecule has 1 amide bonds. The molecule has 1 aromatic heterocycles. The van der Waals surface area contributed by atoms with E-state index in [0.29, 0.717) is 5.56 Å². The first-order valence-electron chi connectivity index (χ1n) is 5.34. The summed E-state index contributed by atoms with van der Waals surface area (Å²) in [5, 5.41) is 20.9. The molecule has 21 heavy (non-hydrogen) atoms. The lowest BCUT2D eigenvalue weighted by Gasteiger charge is -1.97. The van der Waals surface area contributed by atoms with Crippen LogP contribution < -0.4 is 11.2 Å². The number of nitro benzene ring substituents is 1. The normalized spacial score (nSPS) is 10.7. The quantitative estimate of drug-likeness (QED) is 0.485. The van der Waals surface area contributed by atoms with Crippen molar-refractivity contribution in [1.29, 1.82) is 0 Å². The Kier molecular flexibility index (Phi) is 4.09. The van der Waals surface area contributed by atoms with Crippen LogP contribution in [0.4, 0.5) is 11.5 Å². The van der Waals surface area contributed by atoms with Crippen molar-refractivity contribution in [1.82, 2.24) is 15.7 Å². The topological polar surface area (TPSA) is 150 Å². The Bertz CT molecular complexity index is 728. The van der Waals surface area contributed by atoms with Crippen LogP contribution in [0.1, 0.15) is 16.1 Å². The minimum atomic E-state index is -0.728. The summed E-state index contributed by atoms with van der Waals surface area (Å²) in [4.78, 5) is 21.6. The van der Waals surface area contributed by atoms with Gasteiger partial charge in [0.2, 0.25) is 11.5 Å². The first kappa shape index (κ1) is 14.4. The SMILES string of the molecule is Nc1nonc1C(=O)N/N=C/c1ccc(Cl)c([N+](=O)[O-])c1. The lowest BCUT2D eigenvalue weighted by atomic mass is 10.2. The van der Waals surface area contributed by atoms with Crippen LogP contribution in [0.25, 0.3) is 0 Å².